The Bertz CT molecular complexity index is 622. The van der Waals surface area contributed by atoms with E-state index in [0.717, 1.165) is 17.5 Å². The Morgan fingerprint density at radius 2 is 1.62 bits per heavy atom. The van der Waals surface area contributed by atoms with Gasteiger partial charge >= 0.3 is 5.97 Å². The SMILES string of the molecule is CCC=CC=CC(=O)Oc1ccc(-c2ccccc2)cc1. The molecule has 0 N–H and O–H groups in total. The number of rotatable bonds is 5. The smallest absolute Gasteiger partial charge is 0.336 e. The van der Waals surface area contributed by atoms with Crippen LogP contribution in [0, 0.1) is 0 Å². The Hall–Kier alpha value is -2.61. The van der Waals surface area contributed by atoms with Gasteiger partial charge in [0.25, 0.3) is 0 Å². The van der Waals surface area contributed by atoms with Crippen molar-refractivity contribution in [2.24, 2.45) is 0 Å². The lowest BCUT2D eigenvalue weighted by atomic mass is 10.1. The normalized spacial score (nSPS) is 11.1. The average Bonchev–Trinajstić information content (AvgIpc) is 2.53. The number of carbonyl (C=O) groups excluding carboxylic acids is 1. The van der Waals surface area contributed by atoms with Gasteiger partial charge in [-0.25, -0.2) is 4.79 Å². The van der Waals surface area contributed by atoms with E-state index < -0.39 is 0 Å². The fraction of sp³-hybridized carbons (Fsp3) is 0.105. The van der Waals surface area contributed by atoms with Gasteiger partial charge in [-0.05, 0) is 29.7 Å². The van der Waals surface area contributed by atoms with Gasteiger partial charge in [0.15, 0.2) is 0 Å². The quantitative estimate of drug-likeness (QED) is 0.340. The first-order valence-corrected chi connectivity index (χ1v) is 7.00. The van der Waals surface area contributed by atoms with Crippen LogP contribution in [-0.2, 0) is 4.79 Å². The molecule has 2 aromatic carbocycles. The van der Waals surface area contributed by atoms with E-state index >= 15 is 0 Å². The second-order valence-electron chi connectivity index (χ2n) is 4.51. The number of benzene rings is 2. The zero-order valence-corrected chi connectivity index (χ0v) is 12.0. The third-order valence-corrected chi connectivity index (χ3v) is 2.90. The number of ether oxygens (including phenoxy) is 1. The topological polar surface area (TPSA) is 26.3 Å². The van der Waals surface area contributed by atoms with Crippen LogP contribution in [0.3, 0.4) is 0 Å². The largest absolute Gasteiger partial charge is 0.423 e. The Kier molecular flexibility index (Phi) is 5.53. The van der Waals surface area contributed by atoms with Crippen molar-refractivity contribution in [3.05, 3.63) is 78.9 Å². The van der Waals surface area contributed by atoms with E-state index in [0.29, 0.717) is 5.75 Å². The Labute approximate surface area is 125 Å². The van der Waals surface area contributed by atoms with Crippen LogP contribution in [0.4, 0.5) is 0 Å². The summed E-state index contributed by atoms with van der Waals surface area (Å²) in [6, 6.07) is 17.6. The molecule has 0 amide bonds. The maximum Gasteiger partial charge on any atom is 0.336 e. The first-order chi connectivity index (χ1) is 10.3. The zero-order valence-electron chi connectivity index (χ0n) is 12.0. The lowest BCUT2D eigenvalue weighted by Crippen LogP contribution is -2.03. The first kappa shape index (κ1) is 14.8. The summed E-state index contributed by atoms with van der Waals surface area (Å²) in [4.78, 5) is 11.6. The second-order valence-corrected chi connectivity index (χ2v) is 4.51. The van der Waals surface area contributed by atoms with Crippen molar-refractivity contribution in [1.29, 1.82) is 0 Å². The van der Waals surface area contributed by atoms with Crippen molar-refractivity contribution < 1.29 is 9.53 Å². The number of carbonyl (C=O) groups is 1. The van der Waals surface area contributed by atoms with Gasteiger partial charge in [-0.1, -0.05) is 67.6 Å². The van der Waals surface area contributed by atoms with Crippen LogP contribution in [0.25, 0.3) is 11.1 Å². The van der Waals surface area contributed by atoms with Gasteiger partial charge in [-0.3, -0.25) is 0 Å². The minimum absolute atomic E-state index is 0.372. The predicted octanol–water partition coefficient (Wildman–Crippen LogP) is 4.78. The average molecular weight is 278 g/mol. The monoisotopic (exact) mass is 278 g/mol. The standard InChI is InChI=1S/C19H18O2/c1-2-3-4-8-11-19(20)21-18-14-12-17(13-15-18)16-9-6-5-7-10-16/h3-15H,2H2,1H3. The van der Waals surface area contributed by atoms with Crippen molar-refractivity contribution in [3.63, 3.8) is 0 Å². The van der Waals surface area contributed by atoms with Gasteiger partial charge in [0, 0.05) is 6.08 Å². The molecule has 0 radical (unpaired) electrons. The molecular formula is C19H18O2. The third-order valence-electron chi connectivity index (χ3n) is 2.90. The van der Waals surface area contributed by atoms with Crippen LogP contribution in [0.5, 0.6) is 5.75 Å². The third kappa shape index (κ3) is 4.77. The van der Waals surface area contributed by atoms with Crippen LogP contribution >= 0.6 is 0 Å². The van der Waals surface area contributed by atoms with Crippen LogP contribution in [0.1, 0.15) is 13.3 Å². The van der Waals surface area contributed by atoms with Gasteiger partial charge in [0.2, 0.25) is 0 Å². The van der Waals surface area contributed by atoms with E-state index in [-0.39, 0.29) is 5.97 Å². The van der Waals surface area contributed by atoms with Crippen LogP contribution < -0.4 is 4.74 Å². The van der Waals surface area contributed by atoms with Crippen molar-refractivity contribution >= 4 is 5.97 Å². The number of allylic oxidation sites excluding steroid dienone is 3. The van der Waals surface area contributed by atoms with Crippen molar-refractivity contribution in [2.75, 3.05) is 0 Å². The Morgan fingerprint density at radius 3 is 2.29 bits per heavy atom. The Morgan fingerprint density at radius 1 is 0.952 bits per heavy atom. The number of hydrogen-bond donors (Lipinski definition) is 0. The van der Waals surface area contributed by atoms with Crippen LogP contribution in [0.15, 0.2) is 78.9 Å². The minimum Gasteiger partial charge on any atom is -0.423 e. The summed E-state index contributed by atoms with van der Waals surface area (Å²) in [5, 5.41) is 0. The van der Waals surface area contributed by atoms with Crippen molar-refractivity contribution in [3.8, 4) is 16.9 Å². The van der Waals surface area contributed by atoms with Gasteiger partial charge < -0.3 is 4.74 Å². The molecule has 0 fully saturated rings. The number of hydrogen-bond acceptors (Lipinski definition) is 2. The predicted molar refractivity (Wildman–Crippen MR) is 86.1 cm³/mol. The molecule has 0 aliphatic rings. The van der Waals surface area contributed by atoms with E-state index in [9.17, 15) is 4.79 Å². The fourth-order valence-corrected chi connectivity index (χ4v) is 1.84. The van der Waals surface area contributed by atoms with Gasteiger partial charge in [-0.2, -0.15) is 0 Å². The molecule has 0 aromatic heterocycles. The highest BCUT2D eigenvalue weighted by Gasteiger charge is 2.01. The summed E-state index contributed by atoms with van der Waals surface area (Å²) in [7, 11) is 0. The highest BCUT2D eigenvalue weighted by atomic mass is 16.5. The fourth-order valence-electron chi connectivity index (χ4n) is 1.84. The summed E-state index contributed by atoms with van der Waals surface area (Å²) in [6.45, 7) is 2.04. The van der Waals surface area contributed by atoms with Crippen LogP contribution in [0.2, 0.25) is 0 Å². The molecule has 2 heteroatoms. The summed E-state index contributed by atoms with van der Waals surface area (Å²) >= 11 is 0. The molecule has 0 saturated carbocycles. The molecule has 0 atom stereocenters. The molecule has 21 heavy (non-hydrogen) atoms. The molecule has 0 bridgehead atoms. The van der Waals surface area contributed by atoms with Gasteiger partial charge in [-0.15, -0.1) is 0 Å². The molecule has 0 aliphatic carbocycles. The molecule has 2 rings (SSSR count). The van der Waals surface area contributed by atoms with Crippen LogP contribution in [-0.4, -0.2) is 5.97 Å². The second kappa shape index (κ2) is 7.85. The molecule has 106 valence electrons. The summed E-state index contributed by atoms with van der Waals surface area (Å²) < 4.78 is 5.23. The lowest BCUT2D eigenvalue weighted by Gasteiger charge is -2.04. The van der Waals surface area contributed by atoms with E-state index in [1.807, 2.05) is 61.5 Å². The van der Waals surface area contributed by atoms with E-state index in [1.165, 1.54) is 6.08 Å². The van der Waals surface area contributed by atoms with E-state index in [4.69, 9.17) is 4.74 Å². The van der Waals surface area contributed by atoms with E-state index in [2.05, 4.69) is 0 Å². The first-order valence-electron chi connectivity index (χ1n) is 7.00. The zero-order chi connectivity index (χ0) is 14.9. The minimum atomic E-state index is -0.372. The van der Waals surface area contributed by atoms with Crippen molar-refractivity contribution in [2.45, 2.75) is 13.3 Å². The molecule has 0 spiro atoms. The Balaban J connectivity index is 1.98. The van der Waals surface area contributed by atoms with Gasteiger partial charge in [0.1, 0.15) is 5.75 Å². The van der Waals surface area contributed by atoms with E-state index in [1.54, 1.807) is 18.2 Å². The molecule has 0 saturated heterocycles. The summed E-state index contributed by atoms with van der Waals surface area (Å²) in [5.41, 5.74) is 2.23. The molecule has 0 aliphatic heterocycles. The van der Waals surface area contributed by atoms with Gasteiger partial charge in [0.05, 0.1) is 0 Å². The maximum absolute atomic E-state index is 11.6. The molecule has 0 unspecified atom stereocenters. The van der Waals surface area contributed by atoms with Crippen molar-refractivity contribution in [1.82, 2.24) is 0 Å². The summed E-state index contributed by atoms with van der Waals surface area (Å²) in [5.74, 6) is 0.173. The number of esters is 1. The molecule has 2 nitrogen and oxygen atoms in total. The molecular weight excluding hydrogens is 260 g/mol. The lowest BCUT2D eigenvalue weighted by molar-refractivity contribution is -0.128. The highest BCUT2D eigenvalue weighted by Crippen LogP contribution is 2.22. The highest BCUT2D eigenvalue weighted by molar-refractivity contribution is 5.84. The maximum atomic E-state index is 11.6. The summed E-state index contributed by atoms with van der Waals surface area (Å²) in [6.07, 6.45) is 7.85. The molecule has 2 aromatic rings. The molecule has 0 heterocycles.